The van der Waals surface area contributed by atoms with Crippen LogP contribution in [0.4, 0.5) is 0 Å². The summed E-state index contributed by atoms with van der Waals surface area (Å²) in [6.45, 7) is 0. The summed E-state index contributed by atoms with van der Waals surface area (Å²) in [5, 5.41) is 17.8. The summed E-state index contributed by atoms with van der Waals surface area (Å²) >= 11 is 1.22. The number of hydrogen-bond donors (Lipinski definition) is 2. The molecule has 0 saturated heterocycles. The highest BCUT2D eigenvalue weighted by molar-refractivity contribution is 7.99. The topological polar surface area (TPSA) is 100 Å². The van der Waals surface area contributed by atoms with Crippen molar-refractivity contribution in [1.82, 2.24) is 4.98 Å². The van der Waals surface area contributed by atoms with E-state index < -0.39 is 12.0 Å². The number of thioether (sulfide) groups is 1. The molecule has 0 fully saturated rings. The van der Waals surface area contributed by atoms with E-state index in [1.54, 1.807) is 12.1 Å². The van der Waals surface area contributed by atoms with Gasteiger partial charge in [0.15, 0.2) is 0 Å². The second kappa shape index (κ2) is 5.34. The molecule has 0 radical (unpaired) electrons. The number of carbonyl (C=O) groups is 1. The van der Waals surface area contributed by atoms with E-state index in [4.69, 9.17) is 16.1 Å². The van der Waals surface area contributed by atoms with Gasteiger partial charge >= 0.3 is 5.97 Å². The van der Waals surface area contributed by atoms with E-state index >= 15 is 0 Å². The molecule has 6 heteroatoms. The van der Waals surface area contributed by atoms with E-state index in [0.717, 1.165) is 0 Å². The lowest BCUT2D eigenvalue weighted by Gasteiger charge is -2.04. The van der Waals surface area contributed by atoms with Crippen molar-refractivity contribution in [3.05, 3.63) is 23.9 Å². The Morgan fingerprint density at radius 1 is 1.80 bits per heavy atom. The second-order valence-corrected chi connectivity index (χ2v) is 3.79. The zero-order chi connectivity index (χ0) is 11.3. The number of carboxylic acid groups (broad SMARTS) is 1. The van der Waals surface area contributed by atoms with Crippen LogP contribution in [-0.4, -0.2) is 27.9 Å². The van der Waals surface area contributed by atoms with E-state index in [-0.39, 0.29) is 5.75 Å². The summed E-state index contributed by atoms with van der Waals surface area (Å²) in [6.07, 6.45) is 1.51. The first kappa shape index (κ1) is 11.5. The summed E-state index contributed by atoms with van der Waals surface area (Å²) < 4.78 is 0. The molecule has 15 heavy (non-hydrogen) atoms. The highest BCUT2D eigenvalue weighted by atomic mass is 32.2. The van der Waals surface area contributed by atoms with Crippen molar-refractivity contribution < 1.29 is 9.90 Å². The van der Waals surface area contributed by atoms with Crippen molar-refractivity contribution in [2.24, 2.45) is 5.73 Å². The minimum atomic E-state index is -1.04. The molecule has 1 unspecified atom stereocenters. The number of aromatic nitrogens is 1. The standard InChI is InChI=1S/C9H9N3O2S/c10-4-6-1-2-12-8(3-6)15-5-7(11)9(13)14/h1-3,7H,5,11H2,(H,13,14). The number of nitrogens with zero attached hydrogens (tertiary/aromatic N) is 2. The molecule has 0 saturated carbocycles. The normalized spacial score (nSPS) is 11.7. The van der Waals surface area contributed by atoms with Crippen LogP contribution >= 0.6 is 11.8 Å². The Kier molecular flexibility index (Phi) is 4.09. The first-order valence-corrected chi connectivity index (χ1v) is 5.09. The maximum atomic E-state index is 10.4. The SMILES string of the molecule is N#Cc1ccnc(SCC(N)C(=O)O)c1. The van der Waals surface area contributed by atoms with Gasteiger partial charge in [0.1, 0.15) is 6.04 Å². The number of carboxylic acids is 1. The molecular formula is C9H9N3O2S. The van der Waals surface area contributed by atoms with Crippen LogP contribution in [0.15, 0.2) is 23.4 Å². The molecule has 0 aliphatic rings. The van der Waals surface area contributed by atoms with Gasteiger partial charge in [0.05, 0.1) is 16.7 Å². The fourth-order valence-corrected chi connectivity index (χ4v) is 1.64. The number of aliphatic carboxylic acids is 1. The Hall–Kier alpha value is -1.58. The molecule has 0 amide bonds. The molecule has 1 rings (SSSR count). The van der Waals surface area contributed by atoms with Crippen LogP contribution in [-0.2, 0) is 4.79 Å². The van der Waals surface area contributed by atoms with Crippen molar-refractivity contribution in [2.45, 2.75) is 11.1 Å². The first-order chi connectivity index (χ1) is 7.13. The van der Waals surface area contributed by atoms with Gasteiger partial charge in [0, 0.05) is 11.9 Å². The number of nitriles is 1. The number of hydrogen-bond acceptors (Lipinski definition) is 5. The molecule has 5 nitrogen and oxygen atoms in total. The minimum Gasteiger partial charge on any atom is -0.480 e. The average Bonchev–Trinajstić information content (AvgIpc) is 2.26. The van der Waals surface area contributed by atoms with Gasteiger partial charge in [0.25, 0.3) is 0 Å². The third-order valence-corrected chi connectivity index (χ3v) is 2.64. The fraction of sp³-hybridized carbons (Fsp3) is 0.222. The lowest BCUT2D eigenvalue weighted by Crippen LogP contribution is -2.32. The Balaban J connectivity index is 2.58. The van der Waals surface area contributed by atoms with Gasteiger partial charge in [-0.05, 0) is 12.1 Å². The van der Waals surface area contributed by atoms with Gasteiger partial charge in [-0.1, -0.05) is 0 Å². The van der Waals surface area contributed by atoms with Crippen LogP contribution in [0, 0.1) is 11.3 Å². The smallest absolute Gasteiger partial charge is 0.321 e. The fourth-order valence-electron chi connectivity index (χ4n) is 0.804. The quantitative estimate of drug-likeness (QED) is 0.719. The Labute approximate surface area is 90.9 Å². The monoisotopic (exact) mass is 223 g/mol. The zero-order valence-electron chi connectivity index (χ0n) is 7.75. The number of pyridine rings is 1. The van der Waals surface area contributed by atoms with Crippen LogP contribution in [0.2, 0.25) is 0 Å². The molecule has 1 atom stereocenters. The molecule has 0 aliphatic carbocycles. The minimum absolute atomic E-state index is 0.233. The van der Waals surface area contributed by atoms with Gasteiger partial charge in [-0.2, -0.15) is 5.26 Å². The second-order valence-electron chi connectivity index (χ2n) is 2.75. The van der Waals surface area contributed by atoms with Crippen LogP contribution in [0.5, 0.6) is 0 Å². The Morgan fingerprint density at radius 3 is 3.13 bits per heavy atom. The van der Waals surface area contributed by atoms with E-state index in [2.05, 4.69) is 4.98 Å². The first-order valence-electron chi connectivity index (χ1n) is 4.11. The van der Waals surface area contributed by atoms with Crippen molar-refractivity contribution in [3.63, 3.8) is 0 Å². The van der Waals surface area contributed by atoms with Gasteiger partial charge in [0.2, 0.25) is 0 Å². The number of nitrogens with two attached hydrogens (primary N) is 1. The molecular weight excluding hydrogens is 214 g/mol. The highest BCUT2D eigenvalue weighted by Gasteiger charge is 2.11. The van der Waals surface area contributed by atoms with Crippen LogP contribution in [0.25, 0.3) is 0 Å². The van der Waals surface area contributed by atoms with E-state index in [1.807, 2.05) is 6.07 Å². The maximum absolute atomic E-state index is 10.4. The third-order valence-electron chi connectivity index (χ3n) is 1.59. The molecule has 0 aliphatic heterocycles. The maximum Gasteiger partial charge on any atom is 0.321 e. The van der Waals surface area contributed by atoms with Crippen molar-refractivity contribution >= 4 is 17.7 Å². The Bertz CT molecular complexity index is 403. The van der Waals surface area contributed by atoms with Crippen molar-refractivity contribution in [2.75, 3.05) is 5.75 Å². The molecule has 1 aromatic heterocycles. The molecule has 0 aromatic carbocycles. The van der Waals surface area contributed by atoms with Crippen molar-refractivity contribution in [3.8, 4) is 6.07 Å². The summed E-state index contributed by atoms with van der Waals surface area (Å²) in [7, 11) is 0. The van der Waals surface area contributed by atoms with Crippen LogP contribution in [0.3, 0.4) is 0 Å². The predicted molar refractivity (Wildman–Crippen MR) is 55.3 cm³/mol. The molecule has 1 aromatic rings. The van der Waals surface area contributed by atoms with Crippen LogP contribution < -0.4 is 5.73 Å². The van der Waals surface area contributed by atoms with Crippen molar-refractivity contribution in [1.29, 1.82) is 5.26 Å². The summed E-state index contributed by atoms with van der Waals surface area (Å²) in [5.74, 6) is -0.809. The summed E-state index contributed by atoms with van der Waals surface area (Å²) in [4.78, 5) is 14.4. The molecule has 0 bridgehead atoms. The summed E-state index contributed by atoms with van der Waals surface area (Å²) in [6, 6.07) is 4.24. The molecule has 1 heterocycles. The molecule has 0 spiro atoms. The number of rotatable bonds is 4. The van der Waals surface area contributed by atoms with E-state index in [9.17, 15) is 4.79 Å². The zero-order valence-corrected chi connectivity index (χ0v) is 8.57. The Morgan fingerprint density at radius 2 is 2.53 bits per heavy atom. The van der Waals surface area contributed by atoms with Crippen LogP contribution in [0.1, 0.15) is 5.56 Å². The lowest BCUT2D eigenvalue weighted by molar-refractivity contribution is -0.137. The van der Waals surface area contributed by atoms with Gasteiger partial charge in [-0.3, -0.25) is 4.79 Å². The van der Waals surface area contributed by atoms with Gasteiger partial charge in [-0.15, -0.1) is 11.8 Å². The predicted octanol–water partition coefficient (Wildman–Crippen LogP) is 0.457. The van der Waals surface area contributed by atoms with Gasteiger partial charge in [-0.25, -0.2) is 4.98 Å². The average molecular weight is 223 g/mol. The van der Waals surface area contributed by atoms with E-state index in [0.29, 0.717) is 10.6 Å². The highest BCUT2D eigenvalue weighted by Crippen LogP contribution is 2.16. The molecule has 78 valence electrons. The molecule has 3 N–H and O–H groups in total. The largest absolute Gasteiger partial charge is 0.480 e. The lowest BCUT2D eigenvalue weighted by atomic mass is 10.3. The van der Waals surface area contributed by atoms with E-state index in [1.165, 1.54) is 18.0 Å². The summed E-state index contributed by atoms with van der Waals surface area (Å²) in [5.41, 5.74) is 5.82. The van der Waals surface area contributed by atoms with Gasteiger partial charge < -0.3 is 10.8 Å². The third kappa shape index (κ3) is 3.58.